The Morgan fingerprint density at radius 3 is 2.56 bits per heavy atom. The van der Waals surface area contributed by atoms with Gasteiger partial charge in [0.2, 0.25) is 11.7 Å². The van der Waals surface area contributed by atoms with Gasteiger partial charge < -0.3 is 4.90 Å². The normalized spacial score (nSPS) is 15.0. The number of hydrogen-bond acceptors (Lipinski definition) is 5. The van der Waals surface area contributed by atoms with Crippen LogP contribution in [0.5, 0.6) is 0 Å². The van der Waals surface area contributed by atoms with E-state index in [-0.39, 0.29) is 16.7 Å². The first-order chi connectivity index (χ1) is 15.5. The maximum absolute atomic E-state index is 13.5. The highest BCUT2D eigenvalue weighted by Gasteiger charge is 2.27. The first kappa shape index (κ1) is 20.8. The van der Waals surface area contributed by atoms with Gasteiger partial charge in [-0.3, -0.25) is 14.0 Å². The Hall–Kier alpha value is -3.13. The highest BCUT2D eigenvalue weighted by Crippen LogP contribution is 2.28. The molecule has 1 aliphatic heterocycles. The quantitative estimate of drug-likeness (QED) is 0.446. The van der Waals surface area contributed by atoms with Crippen molar-refractivity contribution in [1.82, 2.24) is 24.1 Å². The fourth-order valence-corrected chi connectivity index (χ4v) is 5.37. The van der Waals surface area contributed by atoms with Crippen LogP contribution in [0, 0.1) is 13.8 Å². The minimum Gasteiger partial charge on any atom is -0.342 e. The number of hydrogen-bond donors (Lipinski definition) is 0. The summed E-state index contributed by atoms with van der Waals surface area (Å²) in [6.07, 6.45) is 2.12. The maximum atomic E-state index is 13.5. The number of carbonyl (C=O) groups is 1. The molecule has 1 aliphatic rings. The van der Waals surface area contributed by atoms with Gasteiger partial charge in [-0.2, -0.15) is 0 Å². The maximum Gasteiger partial charge on any atom is 0.267 e. The van der Waals surface area contributed by atoms with Crippen LogP contribution in [0.4, 0.5) is 0 Å². The summed E-state index contributed by atoms with van der Waals surface area (Å²) in [6, 6.07) is 13.5. The summed E-state index contributed by atoms with van der Waals surface area (Å²) in [6.45, 7) is 7.57. The topological polar surface area (TPSA) is 72.5 Å². The fourth-order valence-electron chi connectivity index (χ4n) is 4.43. The zero-order chi connectivity index (χ0) is 22.4. The van der Waals surface area contributed by atoms with Gasteiger partial charge in [-0.05, 0) is 57.4 Å². The summed E-state index contributed by atoms with van der Waals surface area (Å²) in [5, 5.41) is 9.72. The lowest BCUT2D eigenvalue weighted by molar-refractivity contribution is -0.129. The summed E-state index contributed by atoms with van der Waals surface area (Å²) >= 11 is 1.39. The van der Waals surface area contributed by atoms with E-state index in [1.54, 1.807) is 4.57 Å². The number of carbonyl (C=O) groups excluding carboxylic acids is 1. The molecule has 5 rings (SSSR count). The lowest BCUT2D eigenvalue weighted by Gasteiger charge is -2.19. The van der Waals surface area contributed by atoms with Crippen LogP contribution in [-0.2, 0) is 4.79 Å². The van der Waals surface area contributed by atoms with Gasteiger partial charge >= 0.3 is 0 Å². The van der Waals surface area contributed by atoms with E-state index >= 15 is 0 Å². The highest BCUT2D eigenvalue weighted by molar-refractivity contribution is 8.00. The van der Waals surface area contributed by atoms with Crippen LogP contribution in [0.3, 0.4) is 0 Å². The fraction of sp³-hybridized carbons (Fsp3) is 0.333. The van der Waals surface area contributed by atoms with Crippen molar-refractivity contribution in [2.24, 2.45) is 0 Å². The van der Waals surface area contributed by atoms with Crippen molar-refractivity contribution >= 4 is 34.3 Å². The average molecular weight is 448 g/mol. The number of likely N-dealkylation sites (tertiary alicyclic amines) is 1. The molecule has 1 amide bonds. The van der Waals surface area contributed by atoms with Gasteiger partial charge in [0.1, 0.15) is 0 Å². The van der Waals surface area contributed by atoms with Crippen molar-refractivity contribution in [3.63, 3.8) is 0 Å². The van der Waals surface area contributed by atoms with E-state index in [0.29, 0.717) is 16.3 Å². The van der Waals surface area contributed by atoms with Gasteiger partial charge in [0, 0.05) is 13.1 Å². The van der Waals surface area contributed by atoms with E-state index in [9.17, 15) is 9.59 Å². The van der Waals surface area contributed by atoms with E-state index < -0.39 is 0 Å². The number of benzene rings is 2. The van der Waals surface area contributed by atoms with Crippen molar-refractivity contribution in [3.8, 4) is 5.69 Å². The predicted octanol–water partition coefficient (Wildman–Crippen LogP) is 3.75. The molecule has 8 heteroatoms. The van der Waals surface area contributed by atoms with Gasteiger partial charge in [-0.25, -0.2) is 4.57 Å². The van der Waals surface area contributed by atoms with Crippen LogP contribution in [0.1, 0.15) is 30.9 Å². The number of amides is 1. The first-order valence-corrected chi connectivity index (χ1v) is 11.8. The van der Waals surface area contributed by atoms with Crippen molar-refractivity contribution in [2.45, 2.75) is 44.0 Å². The van der Waals surface area contributed by atoms with Crippen molar-refractivity contribution in [3.05, 3.63) is 63.9 Å². The Bertz CT molecular complexity index is 1400. The van der Waals surface area contributed by atoms with Gasteiger partial charge in [-0.15, -0.1) is 10.2 Å². The van der Waals surface area contributed by atoms with Gasteiger partial charge in [0.05, 0.1) is 21.8 Å². The third-order valence-corrected chi connectivity index (χ3v) is 7.07. The molecule has 164 valence electrons. The minimum absolute atomic E-state index is 0.122. The molecule has 7 nitrogen and oxygen atoms in total. The number of para-hydroxylation sites is 1. The molecule has 0 bridgehead atoms. The Labute approximate surface area is 190 Å². The lowest BCUT2D eigenvalue weighted by atomic mass is 10.1. The second-order valence-electron chi connectivity index (χ2n) is 8.36. The van der Waals surface area contributed by atoms with E-state index in [1.165, 1.54) is 11.8 Å². The van der Waals surface area contributed by atoms with Crippen molar-refractivity contribution in [2.75, 3.05) is 13.1 Å². The highest BCUT2D eigenvalue weighted by atomic mass is 32.2. The number of aromatic nitrogens is 4. The molecule has 2 aromatic carbocycles. The zero-order valence-electron chi connectivity index (χ0n) is 18.4. The molecule has 1 saturated heterocycles. The monoisotopic (exact) mass is 447 g/mol. The van der Waals surface area contributed by atoms with Gasteiger partial charge in [0.15, 0.2) is 5.16 Å². The van der Waals surface area contributed by atoms with E-state index in [1.807, 2.05) is 66.5 Å². The molecule has 3 heterocycles. The molecule has 0 radical (unpaired) electrons. The van der Waals surface area contributed by atoms with Crippen molar-refractivity contribution in [1.29, 1.82) is 0 Å². The number of aryl methyl sites for hydroxylation is 2. The molecular formula is C24H25N5O2S. The van der Waals surface area contributed by atoms with E-state index in [0.717, 1.165) is 48.3 Å². The number of nitrogens with zero attached hydrogens (tertiary/aromatic N) is 5. The van der Waals surface area contributed by atoms with Gasteiger partial charge in [-0.1, -0.05) is 41.6 Å². The molecule has 4 aromatic rings. The molecular weight excluding hydrogens is 422 g/mol. The van der Waals surface area contributed by atoms with Crippen LogP contribution in [-0.4, -0.2) is 48.3 Å². The zero-order valence-corrected chi connectivity index (χ0v) is 19.2. The van der Waals surface area contributed by atoms with Crippen LogP contribution in [0.25, 0.3) is 22.4 Å². The van der Waals surface area contributed by atoms with Crippen molar-refractivity contribution < 1.29 is 4.79 Å². The number of rotatable bonds is 4. The Balaban J connectivity index is 1.69. The number of thioether (sulfide) groups is 1. The smallest absolute Gasteiger partial charge is 0.267 e. The standard InChI is InChI=1S/C24H25N5O2S/c1-15-10-11-19(16(2)14-15)28-22(31)18-8-4-5-9-20(18)29-23(28)25-26-24(29)32-17(3)21(30)27-12-6-7-13-27/h4-5,8-11,14,17H,6-7,12-13H2,1-3H3. The molecule has 0 spiro atoms. The Kier molecular flexibility index (Phi) is 5.25. The largest absolute Gasteiger partial charge is 0.342 e. The first-order valence-electron chi connectivity index (χ1n) is 10.9. The molecule has 2 aromatic heterocycles. The van der Waals surface area contributed by atoms with E-state index in [2.05, 4.69) is 16.3 Å². The molecule has 0 saturated carbocycles. The second-order valence-corrected chi connectivity index (χ2v) is 9.67. The van der Waals surface area contributed by atoms with Crippen LogP contribution >= 0.6 is 11.8 Å². The van der Waals surface area contributed by atoms with Crippen LogP contribution < -0.4 is 5.56 Å². The summed E-state index contributed by atoms with van der Waals surface area (Å²) in [4.78, 5) is 28.3. The molecule has 1 fully saturated rings. The predicted molar refractivity (Wildman–Crippen MR) is 127 cm³/mol. The summed E-state index contributed by atoms with van der Waals surface area (Å²) in [5.74, 6) is 0.570. The minimum atomic E-state index is -0.291. The Morgan fingerprint density at radius 1 is 1.06 bits per heavy atom. The summed E-state index contributed by atoms with van der Waals surface area (Å²) < 4.78 is 3.52. The van der Waals surface area contributed by atoms with Crippen LogP contribution in [0.15, 0.2) is 52.4 Å². The van der Waals surface area contributed by atoms with E-state index in [4.69, 9.17) is 0 Å². The second kappa shape index (κ2) is 8.09. The molecule has 1 unspecified atom stereocenters. The third-order valence-electron chi connectivity index (χ3n) is 6.04. The lowest BCUT2D eigenvalue weighted by Crippen LogP contribution is -2.34. The molecule has 0 aliphatic carbocycles. The molecule has 0 N–H and O–H groups in total. The average Bonchev–Trinajstić information content (AvgIpc) is 3.45. The summed E-state index contributed by atoms with van der Waals surface area (Å²) in [7, 11) is 0. The summed E-state index contributed by atoms with van der Waals surface area (Å²) in [5.41, 5.74) is 3.50. The molecule has 32 heavy (non-hydrogen) atoms. The number of fused-ring (bicyclic) bond motifs is 3. The molecule has 1 atom stereocenters. The Morgan fingerprint density at radius 2 is 1.81 bits per heavy atom. The third kappa shape index (κ3) is 3.39. The SMILES string of the molecule is Cc1ccc(-n2c(=O)c3ccccc3n3c(SC(C)C(=O)N4CCCC4)nnc23)c(C)c1. The van der Waals surface area contributed by atoms with Gasteiger partial charge in [0.25, 0.3) is 5.56 Å². The van der Waals surface area contributed by atoms with Crippen LogP contribution in [0.2, 0.25) is 0 Å².